The van der Waals surface area contributed by atoms with E-state index in [1.54, 1.807) is 6.08 Å². The third-order valence-corrected chi connectivity index (χ3v) is 4.79. The van der Waals surface area contributed by atoms with Crippen molar-refractivity contribution in [3.63, 3.8) is 0 Å². The van der Waals surface area contributed by atoms with Crippen LogP contribution >= 0.6 is 0 Å². The molecule has 3 unspecified atom stereocenters. The Kier molecular flexibility index (Phi) is 19.3. The number of hydrogen-bond donors (Lipinski definition) is 0. The first-order valence-corrected chi connectivity index (χ1v) is 11.6. The minimum Gasteiger partial charge on any atom is -0.246 e. The average molecular weight is 415 g/mol. The maximum absolute atomic E-state index is 14.2. The van der Waals surface area contributed by atoms with Crippen LogP contribution in [0.25, 0.3) is 0 Å². The molecule has 0 amide bonds. The summed E-state index contributed by atoms with van der Waals surface area (Å²) in [6.45, 7) is 21.9. The molecule has 170 valence electrons. The highest BCUT2D eigenvalue weighted by Crippen LogP contribution is 2.34. The van der Waals surface area contributed by atoms with E-state index < -0.39 is 6.17 Å². The Hall–Kier alpha value is -1.89. The maximum atomic E-state index is 14.2. The van der Waals surface area contributed by atoms with E-state index in [0.717, 1.165) is 12.0 Å². The number of aryl methyl sites for hydroxylation is 2. The molecule has 1 aromatic rings. The second-order valence-electron chi connectivity index (χ2n) is 7.73. The van der Waals surface area contributed by atoms with Gasteiger partial charge in [-0.15, -0.1) is 6.58 Å². The molecule has 1 aromatic carbocycles. The quantitative estimate of drug-likeness (QED) is 0.340. The summed E-state index contributed by atoms with van der Waals surface area (Å²) in [6, 6.07) is 8.48. The van der Waals surface area contributed by atoms with Crippen LogP contribution in [0.1, 0.15) is 72.4 Å². The van der Waals surface area contributed by atoms with Crippen molar-refractivity contribution in [2.75, 3.05) is 0 Å². The highest BCUT2D eigenvalue weighted by atomic mass is 19.1. The molecule has 0 radical (unpaired) electrons. The van der Waals surface area contributed by atoms with Gasteiger partial charge in [0.15, 0.2) is 0 Å². The van der Waals surface area contributed by atoms with E-state index in [9.17, 15) is 4.39 Å². The average Bonchev–Trinajstić information content (AvgIpc) is 2.74. The van der Waals surface area contributed by atoms with Gasteiger partial charge < -0.3 is 0 Å². The molecule has 30 heavy (non-hydrogen) atoms. The van der Waals surface area contributed by atoms with Crippen LogP contribution in [-0.4, -0.2) is 6.17 Å². The number of benzene rings is 1. The van der Waals surface area contributed by atoms with Gasteiger partial charge in [0.25, 0.3) is 0 Å². The summed E-state index contributed by atoms with van der Waals surface area (Å²) in [5, 5.41) is 0. The van der Waals surface area contributed by atoms with Crippen molar-refractivity contribution in [2.24, 2.45) is 17.8 Å². The van der Waals surface area contributed by atoms with Gasteiger partial charge in [-0.05, 0) is 57.9 Å². The highest BCUT2D eigenvalue weighted by molar-refractivity contribution is 5.28. The van der Waals surface area contributed by atoms with Crippen molar-refractivity contribution in [1.29, 1.82) is 0 Å². The fourth-order valence-corrected chi connectivity index (χ4v) is 2.97. The molecule has 1 heteroatoms. The third kappa shape index (κ3) is 13.4. The van der Waals surface area contributed by atoms with Crippen molar-refractivity contribution in [1.82, 2.24) is 0 Å². The fourth-order valence-electron chi connectivity index (χ4n) is 2.97. The maximum Gasteiger partial charge on any atom is 0.111 e. The zero-order valence-electron chi connectivity index (χ0n) is 21.1. The number of halogens is 1. The fraction of sp³-hybridized carbons (Fsp3) is 0.517. The minimum atomic E-state index is -0.736. The molecule has 0 saturated carbocycles. The van der Waals surface area contributed by atoms with E-state index in [4.69, 9.17) is 0 Å². The Labute approximate surface area is 187 Å². The minimum absolute atomic E-state index is 0.0437. The summed E-state index contributed by atoms with van der Waals surface area (Å²) in [5.74, 6) is 0.887. The Morgan fingerprint density at radius 1 is 1.07 bits per heavy atom. The summed E-state index contributed by atoms with van der Waals surface area (Å²) in [6.07, 6.45) is 13.1. The van der Waals surface area contributed by atoms with Crippen LogP contribution in [-0.2, 0) is 0 Å². The summed E-state index contributed by atoms with van der Waals surface area (Å²) in [7, 11) is 0. The smallest absolute Gasteiger partial charge is 0.111 e. The van der Waals surface area contributed by atoms with Crippen molar-refractivity contribution >= 4 is 0 Å². The van der Waals surface area contributed by atoms with Crippen LogP contribution in [0, 0.1) is 31.6 Å². The molecule has 0 aliphatic heterocycles. The van der Waals surface area contributed by atoms with Gasteiger partial charge >= 0.3 is 0 Å². The van der Waals surface area contributed by atoms with Gasteiger partial charge in [-0.1, -0.05) is 106 Å². The molecule has 0 heterocycles. The van der Waals surface area contributed by atoms with Crippen molar-refractivity contribution in [2.45, 2.75) is 81.3 Å². The Balaban J connectivity index is 0. The number of allylic oxidation sites excluding steroid dienone is 7. The van der Waals surface area contributed by atoms with Gasteiger partial charge in [0.1, 0.15) is 6.17 Å². The Morgan fingerprint density at radius 3 is 1.87 bits per heavy atom. The SMILES string of the molecule is C/C=C(\C=C/CC)C1C=CC(C(C)C)CC1F.C=CC.CC.Cc1ccc(C)cc1. The summed E-state index contributed by atoms with van der Waals surface area (Å²) in [4.78, 5) is 0. The van der Waals surface area contributed by atoms with Crippen LogP contribution in [0.3, 0.4) is 0 Å². The molecule has 0 fully saturated rings. The van der Waals surface area contributed by atoms with Crippen LogP contribution in [0.4, 0.5) is 4.39 Å². The topological polar surface area (TPSA) is 0 Å². The first kappa shape index (κ1) is 30.3. The van der Waals surface area contributed by atoms with Gasteiger partial charge in [0, 0.05) is 5.92 Å². The van der Waals surface area contributed by atoms with Gasteiger partial charge in [0.2, 0.25) is 0 Å². The van der Waals surface area contributed by atoms with E-state index >= 15 is 0 Å². The molecule has 2 rings (SSSR count). The summed E-state index contributed by atoms with van der Waals surface area (Å²) >= 11 is 0. The Morgan fingerprint density at radius 2 is 1.53 bits per heavy atom. The second-order valence-corrected chi connectivity index (χ2v) is 7.73. The van der Waals surface area contributed by atoms with Crippen molar-refractivity contribution in [3.05, 3.63) is 84.0 Å². The lowest BCUT2D eigenvalue weighted by Crippen LogP contribution is -2.25. The summed E-state index contributed by atoms with van der Waals surface area (Å²) < 4.78 is 14.2. The van der Waals surface area contributed by atoms with Crippen LogP contribution < -0.4 is 0 Å². The van der Waals surface area contributed by atoms with Gasteiger partial charge in [-0.2, -0.15) is 0 Å². The molecule has 1 aliphatic carbocycles. The zero-order valence-corrected chi connectivity index (χ0v) is 21.1. The van der Waals surface area contributed by atoms with E-state index in [1.165, 1.54) is 11.1 Å². The largest absolute Gasteiger partial charge is 0.246 e. The highest BCUT2D eigenvalue weighted by Gasteiger charge is 2.28. The number of alkyl halides is 1. The molecule has 0 N–H and O–H groups in total. The molecule has 0 saturated heterocycles. The van der Waals surface area contributed by atoms with Gasteiger partial charge in [-0.3, -0.25) is 0 Å². The molecular formula is C29H47F. The molecule has 3 atom stereocenters. The predicted octanol–water partition coefficient (Wildman–Crippen LogP) is 9.61. The summed E-state index contributed by atoms with van der Waals surface area (Å²) in [5.41, 5.74) is 3.77. The van der Waals surface area contributed by atoms with E-state index in [1.807, 2.05) is 33.8 Å². The van der Waals surface area contributed by atoms with Crippen LogP contribution in [0.5, 0.6) is 0 Å². The monoisotopic (exact) mass is 414 g/mol. The van der Waals surface area contributed by atoms with E-state index in [-0.39, 0.29) is 5.92 Å². The molecule has 0 spiro atoms. The number of rotatable bonds is 4. The molecule has 0 bridgehead atoms. The molecule has 0 nitrogen and oxygen atoms in total. The van der Waals surface area contributed by atoms with Crippen LogP contribution in [0.15, 0.2) is 72.9 Å². The first-order chi connectivity index (χ1) is 14.3. The first-order valence-electron chi connectivity index (χ1n) is 11.6. The third-order valence-electron chi connectivity index (χ3n) is 4.79. The van der Waals surface area contributed by atoms with Crippen LogP contribution in [0.2, 0.25) is 0 Å². The second kappa shape index (κ2) is 19.1. The molecule has 0 aromatic heterocycles. The molecule has 1 aliphatic rings. The lowest BCUT2D eigenvalue weighted by atomic mass is 9.78. The normalized spacial score (nSPS) is 20.4. The number of hydrogen-bond acceptors (Lipinski definition) is 0. The van der Waals surface area contributed by atoms with E-state index in [2.05, 4.69) is 89.8 Å². The zero-order chi connectivity index (χ0) is 23.5. The van der Waals surface area contributed by atoms with Gasteiger partial charge in [-0.25, -0.2) is 4.39 Å². The van der Waals surface area contributed by atoms with Gasteiger partial charge in [0.05, 0.1) is 0 Å². The lowest BCUT2D eigenvalue weighted by molar-refractivity contribution is 0.213. The van der Waals surface area contributed by atoms with E-state index in [0.29, 0.717) is 18.3 Å². The predicted molar refractivity (Wildman–Crippen MR) is 137 cm³/mol. The lowest BCUT2D eigenvalue weighted by Gasteiger charge is -2.29. The Bertz CT molecular complexity index is 595. The van der Waals surface area contributed by atoms with Crippen molar-refractivity contribution < 1.29 is 4.39 Å². The van der Waals surface area contributed by atoms with Crippen molar-refractivity contribution in [3.8, 4) is 0 Å². The standard InChI is InChI=1S/C16H25F.C8H10.C3H6.C2H6/c1-5-7-8-13(6-2)15-10-9-14(12(3)4)11-16(15)17;1-7-3-5-8(2)6-4-7;1-3-2;1-2/h6-10,12,14-16H,5,11H2,1-4H3;3-6H,1-2H3;3H,1H2,2H3;1-2H3/b8-7-,13-6+;;;. The molecular weight excluding hydrogens is 367 g/mol.